The van der Waals surface area contributed by atoms with Gasteiger partial charge in [-0.2, -0.15) is 0 Å². The Bertz CT molecular complexity index is 321. The molecular formula is C24H44O. The van der Waals surface area contributed by atoms with Crippen LogP contribution < -0.4 is 0 Å². The van der Waals surface area contributed by atoms with E-state index in [4.69, 9.17) is 4.74 Å². The molecule has 1 heteroatoms. The lowest BCUT2D eigenvalue weighted by atomic mass is 9.69. The first-order valence-corrected chi connectivity index (χ1v) is 11.5. The van der Waals surface area contributed by atoms with Gasteiger partial charge in [0.25, 0.3) is 0 Å². The van der Waals surface area contributed by atoms with Crippen LogP contribution in [0.15, 0.2) is 12.7 Å². The lowest BCUT2D eigenvalue weighted by Crippen LogP contribution is -2.27. The molecule has 0 aromatic carbocycles. The van der Waals surface area contributed by atoms with E-state index in [1.165, 1.54) is 96.3 Å². The molecular weight excluding hydrogens is 304 g/mol. The third-order valence-electron chi connectivity index (χ3n) is 7.00. The molecule has 0 saturated heterocycles. The highest BCUT2D eigenvalue weighted by Gasteiger charge is 2.30. The summed E-state index contributed by atoms with van der Waals surface area (Å²) >= 11 is 0. The van der Waals surface area contributed by atoms with Crippen molar-refractivity contribution in [3.8, 4) is 0 Å². The number of ether oxygens (including phenoxy) is 1. The fourth-order valence-electron chi connectivity index (χ4n) is 5.31. The van der Waals surface area contributed by atoms with Crippen LogP contribution in [0.25, 0.3) is 0 Å². The first-order chi connectivity index (χ1) is 12.3. The Balaban J connectivity index is 1.51. The van der Waals surface area contributed by atoms with Crippen molar-refractivity contribution in [3.05, 3.63) is 12.7 Å². The maximum absolute atomic E-state index is 5.67. The predicted octanol–water partition coefficient (Wildman–Crippen LogP) is 7.55. The van der Waals surface area contributed by atoms with Gasteiger partial charge in [-0.15, -0.1) is 6.58 Å². The highest BCUT2D eigenvalue weighted by atomic mass is 16.5. The van der Waals surface area contributed by atoms with E-state index in [-0.39, 0.29) is 0 Å². The van der Waals surface area contributed by atoms with Crippen LogP contribution in [0.2, 0.25) is 0 Å². The van der Waals surface area contributed by atoms with Crippen LogP contribution in [-0.4, -0.2) is 13.2 Å². The van der Waals surface area contributed by atoms with Crippen molar-refractivity contribution in [1.82, 2.24) is 0 Å². The Morgan fingerprint density at radius 2 is 1.32 bits per heavy atom. The van der Waals surface area contributed by atoms with Gasteiger partial charge >= 0.3 is 0 Å². The van der Waals surface area contributed by atoms with Crippen LogP contribution in [0.5, 0.6) is 0 Å². The molecule has 0 bridgehead atoms. The Kier molecular flexibility index (Phi) is 10.9. The van der Waals surface area contributed by atoms with Gasteiger partial charge in [-0.1, -0.05) is 70.8 Å². The van der Waals surface area contributed by atoms with E-state index in [0.29, 0.717) is 0 Å². The zero-order chi connectivity index (χ0) is 17.7. The summed E-state index contributed by atoms with van der Waals surface area (Å²) in [6.07, 6.45) is 24.0. The molecule has 0 heterocycles. The zero-order valence-corrected chi connectivity index (χ0v) is 17.0. The first kappa shape index (κ1) is 21.0. The summed E-state index contributed by atoms with van der Waals surface area (Å²) in [7, 11) is 0. The van der Waals surface area contributed by atoms with Gasteiger partial charge in [0.2, 0.25) is 0 Å². The highest BCUT2D eigenvalue weighted by molar-refractivity contribution is 4.82. The second kappa shape index (κ2) is 13.0. The summed E-state index contributed by atoms with van der Waals surface area (Å²) in [5, 5.41) is 0. The first-order valence-electron chi connectivity index (χ1n) is 11.5. The molecule has 1 nitrogen and oxygen atoms in total. The molecule has 0 radical (unpaired) electrons. The van der Waals surface area contributed by atoms with E-state index in [2.05, 4.69) is 13.5 Å². The van der Waals surface area contributed by atoms with Gasteiger partial charge in [0.05, 0.1) is 6.61 Å². The van der Waals surface area contributed by atoms with Crippen molar-refractivity contribution in [1.29, 1.82) is 0 Å². The normalized spacial score (nSPS) is 30.3. The van der Waals surface area contributed by atoms with Gasteiger partial charge < -0.3 is 4.74 Å². The molecule has 25 heavy (non-hydrogen) atoms. The topological polar surface area (TPSA) is 9.23 Å². The maximum atomic E-state index is 5.67. The van der Waals surface area contributed by atoms with Gasteiger partial charge in [0.15, 0.2) is 0 Å². The van der Waals surface area contributed by atoms with Crippen molar-refractivity contribution >= 4 is 0 Å². The van der Waals surface area contributed by atoms with Crippen LogP contribution >= 0.6 is 0 Å². The zero-order valence-electron chi connectivity index (χ0n) is 17.0. The van der Waals surface area contributed by atoms with Crippen LogP contribution in [0.1, 0.15) is 103 Å². The molecule has 0 N–H and O–H groups in total. The number of unbranched alkanes of at least 4 members (excludes halogenated alkanes) is 5. The average Bonchev–Trinajstić information content (AvgIpc) is 2.66. The molecule has 146 valence electrons. The van der Waals surface area contributed by atoms with Gasteiger partial charge in [0.1, 0.15) is 0 Å². The van der Waals surface area contributed by atoms with Crippen molar-refractivity contribution in [3.63, 3.8) is 0 Å². The monoisotopic (exact) mass is 348 g/mol. The molecule has 0 aromatic rings. The van der Waals surface area contributed by atoms with Crippen molar-refractivity contribution in [2.75, 3.05) is 13.2 Å². The lowest BCUT2D eigenvalue weighted by Gasteiger charge is -2.38. The molecule has 2 saturated carbocycles. The van der Waals surface area contributed by atoms with Crippen LogP contribution in [-0.2, 0) is 4.74 Å². The summed E-state index contributed by atoms with van der Waals surface area (Å²) in [5.74, 6) is 3.97. The Morgan fingerprint density at radius 3 is 1.92 bits per heavy atom. The second-order valence-electron chi connectivity index (χ2n) is 8.94. The SMILES string of the molecule is C=CCOCC1CCC(C2CCC(CCCCCCCC)CC2)CC1. The lowest BCUT2D eigenvalue weighted by molar-refractivity contribution is 0.0779. The molecule has 2 fully saturated rings. The van der Waals surface area contributed by atoms with Crippen molar-refractivity contribution in [2.24, 2.45) is 23.7 Å². The van der Waals surface area contributed by atoms with E-state index >= 15 is 0 Å². The Labute approximate surface area is 158 Å². The molecule has 2 rings (SSSR count). The summed E-state index contributed by atoms with van der Waals surface area (Å²) in [6.45, 7) is 7.73. The van der Waals surface area contributed by atoms with E-state index < -0.39 is 0 Å². The van der Waals surface area contributed by atoms with Crippen LogP contribution in [0, 0.1) is 23.7 Å². The molecule has 2 aliphatic rings. The minimum Gasteiger partial charge on any atom is -0.377 e. The molecule has 0 aliphatic heterocycles. The van der Waals surface area contributed by atoms with E-state index in [1.807, 2.05) is 6.08 Å². The predicted molar refractivity (Wildman–Crippen MR) is 110 cm³/mol. The van der Waals surface area contributed by atoms with Gasteiger partial charge in [-0.25, -0.2) is 0 Å². The number of hydrogen-bond acceptors (Lipinski definition) is 1. The smallest absolute Gasteiger partial charge is 0.0644 e. The Hall–Kier alpha value is -0.300. The van der Waals surface area contributed by atoms with E-state index in [0.717, 1.165) is 36.9 Å². The minimum atomic E-state index is 0.725. The van der Waals surface area contributed by atoms with Crippen LogP contribution in [0.3, 0.4) is 0 Å². The number of hydrogen-bond donors (Lipinski definition) is 0. The van der Waals surface area contributed by atoms with Crippen molar-refractivity contribution in [2.45, 2.75) is 103 Å². The third kappa shape index (κ3) is 8.29. The summed E-state index contributed by atoms with van der Waals surface area (Å²) in [5.41, 5.74) is 0. The third-order valence-corrected chi connectivity index (χ3v) is 7.00. The molecule has 0 spiro atoms. The standard InChI is InChI=1S/C24H44O/c1-3-5-6-7-8-9-10-21-11-15-23(16-12-21)24-17-13-22(14-18-24)20-25-19-4-2/h4,21-24H,2-3,5-20H2,1H3. The van der Waals surface area contributed by atoms with Crippen molar-refractivity contribution < 1.29 is 4.74 Å². The quantitative estimate of drug-likeness (QED) is 0.261. The molecule has 0 unspecified atom stereocenters. The Morgan fingerprint density at radius 1 is 0.760 bits per heavy atom. The van der Waals surface area contributed by atoms with E-state index in [1.54, 1.807) is 0 Å². The fourth-order valence-corrected chi connectivity index (χ4v) is 5.31. The summed E-state index contributed by atoms with van der Waals surface area (Å²) < 4.78 is 5.67. The number of rotatable bonds is 12. The molecule has 0 aromatic heterocycles. The summed E-state index contributed by atoms with van der Waals surface area (Å²) in [6, 6.07) is 0. The largest absolute Gasteiger partial charge is 0.377 e. The minimum absolute atomic E-state index is 0.725. The van der Waals surface area contributed by atoms with Gasteiger partial charge in [0, 0.05) is 6.61 Å². The fraction of sp³-hybridized carbons (Fsp3) is 0.917. The molecule has 0 atom stereocenters. The average molecular weight is 349 g/mol. The van der Waals surface area contributed by atoms with Gasteiger partial charge in [-0.3, -0.25) is 0 Å². The second-order valence-corrected chi connectivity index (χ2v) is 8.94. The highest BCUT2D eigenvalue weighted by Crippen LogP contribution is 2.42. The molecule has 2 aliphatic carbocycles. The molecule has 0 amide bonds. The summed E-state index contributed by atoms with van der Waals surface area (Å²) in [4.78, 5) is 0. The maximum Gasteiger partial charge on any atom is 0.0644 e. The van der Waals surface area contributed by atoms with Crippen LogP contribution in [0.4, 0.5) is 0 Å². The van der Waals surface area contributed by atoms with E-state index in [9.17, 15) is 0 Å². The van der Waals surface area contributed by atoms with Gasteiger partial charge in [-0.05, 0) is 62.2 Å².